The molecule has 0 aliphatic rings. The molecule has 4 aromatic rings. The highest BCUT2D eigenvalue weighted by molar-refractivity contribution is 6.02. The third kappa shape index (κ3) is 1.83. The van der Waals surface area contributed by atoms with E-state index >= 15 is 0 Å². The van der Waals surface area contributed by atoms with E-state index in [0.29, 0.717) is 22.0 Å². The number of hydrogen-bond donors (Lipinski definition) is 0. The first-order valence-corrected chi connectivity index (χ1v) is 6.74. The zero-order chi connectivity index (χ0) is 15.1. The van der Waals surface area contributed by atoms with Crippen LogP contribution in [0.1, 0.15) is 10.4 Å². The van der Waals surface area contributed by atoms with Crippen molar-refractivity contribution in [3.8, 4) is 0 Å². The maximum atomic E-state index is 12.6. The van der Waals surface area contributed by atoms with Crippen molar-refractivity contribution in [2.75, 3.05) is 0 Å². The summed E-state index contributed by atoms with van der Waals surface area (Å²) in [7, 11) is 0. The molecule has 0 spiro atoms. The standard InChI is InChI=1S/C17H10N2O3/c20-16(19-10-18-13-6-2-3-7-14(13)19)12-9-11-5-1-4-8-15(11)22-17(12)21/h1-10H. The van der Waals surface area contributed by atoms with Gasteiger partial charge in [0.15, 0.2) is 0 Å². The van der Waals surface area contributed by atoms with Gasteiger partial charge in [0.2, 0.25) is 0 Å². The predicted molar refractivity (Wildman–Crippen MR) is 81.9 cm³/mol. The van der Waals surface area contributed by atoms with Gasteiger partial charge in [-0.25, -0.2) is 9.78 Å². The Morgan fingerprint density at radius 3 is 2.73 bits per heavy atom. The van der Waals surface area contributed by atoms with Gasteiger partial charge in [-0.15, -0.1) is 0 Å². The van der Waals surface area contributed by atoms with Crippen molar-refractivity contribution in [2.45, 2.75) is 0 Å². The normalized spacial score (nSPS) is 11.1. The predicted octanol–water partition coefficient (Wildman–Crippen LogP) is 2.83. The van der Waals surface area contributed by atoms with Crippen molar-refractivity contribution in [3.63, 3.8) is 0 Å². The average molecular weight is 290 g/mol. The number of carbonyl (C=O) groups excluding carboxylic acids is 1. The molecule has 0 N–H and O–H groups in total. The summed E-state index contributed by atoms with van der Waals surface area (Å²) in [4.78, 5) is 28.9. The molecule has 0 unspecified atom stereocenters. The van der Waals surface area contributed by atoms with E-state index < -0.39 is 11.5 Å². The first-order valence-electron chi connectivity index (χ1n) is 6.74. The average Bonchev–Trinajstić information content (AvgIpc) is 2.97. The van der Waals surface area contributed by atoms with Gasteiger partial charge < -0.3 is 4.42 Å². The van der Waals surface area contributed by atoms with Crippen LogP contribution in [0, 0.1) is 0 Å². The lowest BCUT2D eigenvalue weighted by atomic mass is 10.2. The van der Waals surface area contributed by atoms with E-state index in [0.717, 1.165) is 0 Å². The Balaban J connectivity index is 1.93. The van der Waals surface area contributed by atoms with Gasteiger partial charge in [0, 0.05) is 5.39 Å². The van der Waals surface area contributed by atoms with Gasteiger partial charge in [0.1, 0.15) is 17.5 Å². The van der Waals surface area contributed by atoms with Gasteiger partial charge in [-0.05, 0) is 24.3 Å². The van der Waals surface area contributed by atoms with Crippen LogP contribution in [0.5, 0.6) is 0 Å². The molecule has 5 nitrogen and oxygen atoms in total. The molecule has 0 atom stereocenters. The quantitative estimate of drug-likeness (QED) is 0.506. The number of rotatable bonds is 1. The second-order valence-corrected chi connectivity index (χ2v) is 4.89. The van der Waals surface area contributed by atoms with Crippen LogP contribution >= 0.6 is 0 Å². The van der Waals surface area contributed by atoms with Crippen LogP contribution in [-0.4, -0.2) is 15.5 Å². The Labute approximate surface area is 124 Å². The van der Waals surface area contributed by atoms with Crippen molar-refractivity contribution >= 4 is 27.9 Å². The minimum atomic E-state index is -0.651. The maximum absolute atomic E-state index is 12.6. The highest BCUT2D eigenvalue weighted by atomic mass is 16.4. The molecule has 0 aliphatic carbocycles. The summed E-state index contributed by atoms with van der Waals surface area (Å²) in [5, 5.41) is 0.704. The second kappa shape index (κ2) is 4.66. The van der Waals surface area contributed by atoms with E-state index in [9.17, 15) is 9.59 Å². The number of nitrogens with zero attached hydrogens (tertiary/aromatic N) is 2. The third-order valence-electron chi connectivity index (χ3n) is 3.54. The van der Waals surface area contributed by atoms with E-state index in [-0.39, 0.29) is 5.56 Å². The zero-order valence-electron chi connectivity index (χ0n) is 11.4. The van der Waals surface area contributed by atoms with Crippen molar-refractivity contribution in [3.05, 3.63) is 76.9 Å². The smallest absolute Gasteiger partial charge is 0.349 e. The van der Waals surface area contributed by atoms with E-state index in [4.69, 9.17) is 4.42 Å². The van der Waals surface area contributed by atoms with Crippen LogP contribution in [0.2, 0.25) is 0 Å². The minimum Gasteiger partial charge on any atom is -0.422 e. The molecule has 0 amide bonds. The fourth-order valence-electron chi connectivity index (χ4n) is 2.46. The number of imidazole rings is 1. The summed E-state index contributed by atoms with van der Waals surface area (Å²) in [5.41, 5.74) is 1.14. The molecule has 0 saturated heterocycles. The van der Waals surface area contributed by atoms with E-state index in [1.807, 2.05) is 24.3 Å². The molecule has 106 valence electrons. The zero-order valence-corrected chi connectivity index (χ0v) is 11.4. The van der Waals surface area contributed by atoms with Crippen LogP contribution in [0.3, 0.4) is 0 Å². The van der Waals surface area contributed by atoms with Crippen LogP contribution in [-0.2, 0) is 0 Å². The summed E-state index contributed by atoms with van der Waals surface area (Å²) < 4.78 is 6.57. The third-order valence-corrected chi connectivity index (χ3v) is 3.54. The van der Waals surface area contributed by atoms with Crippen LogP contribution in [0.25, 0.3) is 22.0 Å². The molecule has 2 aromatic carbocycles. The molecule has 0 aliphatic heterocycles. The fraction of sp³-hybridized carbons (Fsp3) is 0. The lowest BCUT2D eigenvalue weighted by Gasteiger charge is -2.03. The molecule has 4 rings (SSSR count). The minimum absolute atomic E-state index is 0.0122. The molecular weight excluding hydrogens is 280 g/mol. The van der Waals surface area contributed by atoms with Crippen molar-refractivity contribution in [2.24, 2.45) is 0 Å². The van der Waals surface area contributed by atoms with Crippen molar-refractivity contribution in [1.82, 2.24) is 9.55 Å². The van der Waals surface area contributed by atoms with Crippen LogP contribution in [0.4, 0.5) is 0 Å². The molecule has 2 aromatic heterocycles. The van der Waals surface area contributed by atoms with Gasteiger partial charge in [0.05, 0.1) is 11.0 Å². The molecule has 0 bridgehead atoms. The Bertz CT molecular complexity index is 1080. The summed E-state index contributed by atoms with van der Waals surface area (Å²) >= 11 is 0. The van der Waals surface area contributed by atoms with Crippen molar-refractivity contribution < 1.29 is 9.21 Å². The summed E-state index contributed by atoms with van der Waals surface area (Å²) in [6.45, 7) is 0. The monoisotopic (exact) mass is 290 g/mol. The Kier molecular flexibility index (Phi) is 2.66. The molecule has 5 heteroatoms. The summed E-state index contributed by atoms with van der Waals surface area (Å²) in [6, 6.07) is 15.9. The summed E-state index contributed by atoms with van der Waals surface area (Å²) in [6.07, 6.45) is 1.42. The number of carbonyl (C=O) groups is 1. The molecular formula is C17H10N2O3. The van der Waals surface area contributed by atoms with Gasteiger partial charge >= 0.3 is 5.63 Å². The van der Waals surface area contributed by atoms with E-state index in [1.165, 1.54) is 10.9 Å². The Hall–Kier alpha value is -3.21. The first kappa shape index (κ1) is 12.5. The highest BCUT2D eigenvalue weighted by Gasteiger charge is 2.17. The number of fused-ring (bicyclic) bond motifs is 2. The van der Waals surface area contributed by atoms with Crippen LogP contribution < -0.4 is 5.63 Å². The number of benzene rings is 2. The van der Waals surface area contributed by atoms with Crippen LogP contribution in [0.15, 0.2) is 70.1 Å². The number of aromatic nitrogens is 2. The second-order valence-electron chi connectivity index (χ2n) is 4.89. The van der Waals surface area contributed by atoms with Gasteiger partial charge in [-0.2, -0.15) is 0 Å². The lowest BCUT2D eigenvalue weighted by Crippen LogP contribution is -2.19. The molecule has 0 saturated carbocycles. The maximum Gasteiger partial charge on any atom is 0.349 e. The van der Waals surface area contributed by atoms with E-state index in [2.05, 4.69) is 4.98 Å². The molecule has 2 heterocycles. The molecule has 0 radical (unpaired) electrons. The molecule has 0 fully saturated rings. The summed E-state index contributed by atoms with van der Waals surface area (Å²) in [5.74, 6) is -0.451. The van der Waals surface area contributed by atoms with E-state index in [1.54, 1.807) is 30.3 Å². The topological polar surface area (TPSA) is 65.1 Å². The van der Waals surface area contributed by atoms with Crippen molar-refractivity contribution in [1.29, 1.82) is 0 Å². The largest absolute Gasteiger partial charge is 0.422 e. The fourth-order valence-corrected chi connectivity index (χ4v) is 2.46. The molecule has 22 heavy (non-hydrogen) atoms. The van der Waals surface area contributed by atoms with Gasteiger partial charge in [0.25, 0.3) is 5.91 Å². The van der Waals surface area contributed by atoms with Gasteiger partial charge in [-0.1, -0.05) is 30.3 Å². The number of para-hydroxylation sites is 3. The SMILES string of the molecule is O=C(c1cc2ccccc2oc1=O)n1cnc2ccccc21. The Morgan fingerprint density at radius 1 is 1.05 bits per heavy atom. The van der Waals surface area contributed by atoms with Gasteiger partial charge in [-0.3, -0.25) is 9.36 Å². The Morgan fingerprint density at radius 2 is 1.82 bits per heavy atom. The lowest BCUT2D eigenvalue weighted by molar-refractivity contribution is 0.0961. The first-order chi connectivity index (χ1) is 10.7. The number of hydrogen-bond acceptors (Lipinski definition) is 4. The highest BCUT2D eigenvalue weighted by Crippen LogP contribution is 2.16.